The fourth-order valence-corrected chi connectivity index (χ4v) is 7.23. The van der Waals surface area contributed by atoms with Crippen molar-refractivity contribution in [3.05, 3.63) is 53.5 Å². The van der Waals surface area contributed by atoms with Crippen LogP contribution in [0.3, 0.4) is 0 Å². The van der Waals surface area contributed by atoms with Gasteiger partial charge in [-0.1, -0.05) is 73.6 Å². The van der Waals surface area contributed by atoms with Crippen LogP contribution in [0.5, 0.6) is 11.5 Å². The molecule has 2 nitrogen and oxygen atoms in total. The molecular weight excluding hydrogens is 474 g/mol. The number of hydrogen-bond acceptors (Lipinski definition) is 2. The highest BCUT2D eigenvalue weighted by molar-refractivity contribution is 6.38. The number of phenolic OH excluding ortho intramolecular Hbond substituents is 2. The third-order valence-corrected chi connectivity index (χ3v) is 9.36. The van der Waals surface area contributed by atoms with Gasteiger partial charge in [-0.3, -0.25) is 0 Å². The minimum absolute atomic E-state index is 0.106. The Bertz CT molecular complexity index is 1020. The average molecular weight is 504 g/mol. The SMILES string of the molecule is Cc1c(O)c(C)c(Cl)c(C2C(C)(C)CCCC2(C)c2c(Cl)c(C)c(O)c(C)c2Cl)c1Cl. The summed E-state index contributed by atoms with van der Waals surface area (Å²) in [5, 5.41) is 23.0. The van der Waals surface area contributed by atoms with Crippen molar-refractivity contribution >= 4 is 46.4 Å². The van der Waals surface area contributed by atoms with E-state index in [4.69, 9.17) is 46.4 Å². The molecule has 0 heterocycles. The molecular formula is C25H30Cl4O2. The van der Waals surface area contributed by atoms with Crippen LogP contribution >= 0.6 is 46.4 Å². The summed E-state index contributed by atoms with van der Waals surface area (Å²) in [6, 6.07) is 0. The number of rotatable bonds is 2. The van der Waals surface area contributed by atoms with Crippen molar-refractivity contribution in [1.82, 2.24) is 0 Å². The summed E-state index contributed by atoms with van der Waals surface area (Å²) in [6.07, 6.45) is 2.83. The fourth-order valence-electron chi connectivity index (χ4n) is 5.75. The summed E-state index contributed by atoms with van der Waals surface area (Å²) >= 11 is 27.5. The normalized spacial score (nSPS) is 23.3. The molecule has 0 aliphatic heterocycles. The lowest BCUT2D eigenvalue weighted by Crippen LogP contribution is -2.44. The molecule has 0 aromatic heterocycles. The summed E-state index contributed by atoms with van der Waals surface area (Å²) in [5.41, 5.74) is 3.50. The van der Waals surface area contributed by atoms with E-state index in [0.717, 1.165) is 30.4 Å². The van der Waals surface area contributed by atoms with Gasteiger partial charge in [0, 0.05) is 33.6 Å². The predicted octanol–water partition coefficient (Wildman–Crippen LogP) is 9.20. The first-order chi connectivity index (χ1) is 14.2. The van der Waals surface area contributed by atoms with Gasteiger partial charge in [0.15, 0.2) is 0 Å². The van der Waals surface area contributed by atoms with Gasteiger partial charge in [-0.15, -0.1) is 0 Å². The largest absolute Gasteiger partial charge is 0.507 e. The Morgan fingerprint density at radius 1 is 0.677 bits per heavy atom. The first kappa shape index (κ1) is 24.8. The second kappa shape index (κ2) is 8.20. The van der Waals surface area contributed by atoms with E-state index >= 15 is 0 Å². The van der Waals surface area contributed by atoms with Crippen molar-refractivity contribution < 1.29 is 10.2 Å². The van der Waals surface area contributed by atoms with Gasteiger partial charge in [-0.25, -0.2) is 0 Å². The van der Waals surface area contributed by atoms with Gasteiger partial charge in [0.1, 0.15) is 11.5 Å². The van der Waals surface area contributed by atoms with Crippen molar-refractivity contribution in [2.24, 2.45) is 5.41 Å². The zero-order valence-corrected chi connectivity index (χ0v) is 22.1. The van der Waals surface area contributed by atoms with Crippen LogP contribution in [0.15, 0.2) is 0 Å². The first-order valence-corrected chi connectivity index (χ1v) is 12.0. The van der Waals surface area contributed by atoms with E-state index in [1.807, 2.05) is 27.7 Å². The molecule has 1 aliphatic carbocycles. The maximum atomic E-state index is 10.5. The van der Waals surface area contributed by atoms with E-state index < -0.39 is 5.41 Å². The Hall–Kier alpha value is -0.800. The maximum Gasteiger partial charge on any atom is 0.124 e. The van der Waals surface area contributed by atoms with Crippen molar-refractivity contribution in [3.63, 3.8) is 0 Å². The van der Waals surface area contributed by atoms with Gasteiger partial charge in [0.05, 0.1) is 20.1 Å². The van der Waals surface area contributed by atoms with Crippen LogP contribution in [0.4, 0.5) is 0 Å². The smallest absolute Gasteiger partial charge is 0.124 e. The second-order valence-electron chi connectivity index (χ2n) is 9.93. The van der Waals surface area contributed by atoms with Crippen LogP contribution in [0.2, 0.25) is 20.1 Å². The molecule has 2 aromatic rings. The van der Waals surface area contributed by atoms with Gasteiger partial charge in [0.2, 0.25) is 0 Å². The number of benzene rings is 2. The molecule has 3 rings (SSSR count). The molecule has 170 valence electrons. The molecule has 1 fully saturated rings. The maximum absolute atomic E-state index is 10.5. The number of phenols is 2. The number of aromatic hydroxyl groups is 2. The van der Waals surface area contributed by atoms with Gasteiger partial charge in [-0.05, 0) is 57.1 Å². The van der Waals surface area contributed by atoms with E-state index in [-0.39, 0.29) is 22.8 Å². The van der Waals surface area contributed by atoms with Crippen molar-refractivity contribution in [1.29, 1.82) is 0 Å². The summed E-state index contributed by atoms with van der Waals surface area (Å²) in [4.78, 5) is 0. The van der Waals surface area contributed by atoms with Crippen LogP contribution in [0, 0.1) is 33.1 Å². The summed E-state index contributed by atoms with van der Waals surface area (Å²) in [5.74, 6) is 0.146. The molecule has 2 unspecified atom stereocenters. The minimum Gasteiger partial charge on any atom is -0.507 e. The molecule has 0 saturated heterocycles. The topological polar surface area (TPSA) is 40.5 Å². The van der Waals surface area contributed by atoms with E-state index in [2.05, 4.69) is 20.8 Å². The average Bonchev–Trinajstić information content (AvgIpc) is 2.69. The predicted molar refractivity (Wildman–Crippen MR) is 133 cm³/mol. The third-order valence-electron chi connectivity index (χ3n) is 7.45. The summed E-state index contributed by atoms with van der Waals surface area (Å²) in [7, 11) is 0. The molecule has 6 heteroatoms. The Morgan fingerprint density at radius 3 is 1.48 bits per heavy atom. The van der Waals surface area contributed by atoms with Crippen LogP contribution in [0.1, 0.15) is 79.3 Å². The Morgan fingerprint density at radius 2 is 1.06 bits per heavy atom. The lowest BCUT2D eigenvalue weighted by Gasteiger charge is -2.53. The van der Waals surface area contributed by atoms with E-state index in [1.165, 1.54) is 0 Å². The van der Waals surface area contributed by atoms with Crippen LogP contribution in [-0.4, -0.2) is 10.2 Å². The molecule has 1 aliphatic rings. The summed E-state index contributed by atoms with van der Waals surface area (Å²) in [6.45, 7) is 13.9. The quantitative estimate of drug-likeness (QED) is 0.428. The van der Waals surface area contributed by atoms with Crippen LogP contribution < -0.4 is 0 Å². The Kier molecular flexibility index (Phi) is 6.57. The Balaban J connectivity index is 2.45. The zero-order chi connectivity index (χ0) is 23.6. The van der Waals surface area contributed by atoms with Crippen molar-refractivity contribution in [2.75, 3.05) is 0 Å². The van der Waals surface area contributed by atoms with Crippen LogP contribution in [-0.2, 0) is 5.41 Å². The van der Waals surface area contributed by atoms with E-state index in [0.29, 0.717) is 42.3 Å². The molecule has 0 amide bonds. The van der Waals surface area contributed by atoms with Gasteiger partial charge >= 0.3 is 0 Å². The standard InChI is InChI=1S/C25H30Cl4O2/c1-11-17(26)15(18(27)12(2)21(11)30)23-24(5,6)9-8-10-25(23,7)16-19(28)13(3)22(31)14(4)20(16)29/h23,30-31H,8-10H2,1-7H3. The molecule has 0 radical (unpaired) electrons. The Labute approximate surface area is 205 Å². The first-order valence-electron chi connectivity index (χ1n) is 10.5. The number of halogens is 4. The zero-order valence-electron chi connectivity index (χ0n) is 19.1. The van der Waals surface area contributed by atoms with E-state index in [1.54, 1.807) is 0 Å². The molecule has 2 aromatic carbocycles. The van der Waals surface area contributed by atoms with Crippen molar-refractivity contribution in [2.45, 2.75) is 79.1 Å². The monoisotopic (exact) mass is 502 g/mol. The van der Waals surface area contributed by atoms with Gasteiger partial charge < -0.3 is 10.2 Å². The molecule has 2 N–H and O–H groups in total. The lowest BCUT2D eigenvalue weighted by atomic mass is 9.52. The van der Waals surface area contributed by atoms with E-state index in [9.17, 15) is 10.2 Å². The lowest BCUT2D eigenvalue weighted by molar-refractivity contribution is 0.115. The van der Waals surface area contributed by atoms with Crippen LogP contribution in [0.25, 0.3) is 0 Å². The molecule has 1 saturated carbocycles. The molecule has 0 spiro atoms. The van der Waals surface area contributed by atoms with Gasteiger partial charge in [-0.2, -0.15) is 0 Å². The highest BCUT2D eigenvalue weighted by Gasteiger charge is 2.52. The number of hydrogen-bond donors (Lipinski definition) is 2. The minimum atomic E-state index is -0.484. The second-order valence-corrected chi connectivity index (χ2v) is 11.4. The highest BCUT2D eigenvalue weighted by Crippen LogP contribution is 2.63. The third kappa shape index (κ3) is 3.62. The van der Waals surface area contributed by atoms with Crippen molar-refractivity contribution in [3.8, 4) is 11.5 Å². The van der Waals surface area contributed by atoms with Gasteiger partial charge in [0.25, 0.3) is 0 Å². The summed E-state index contributed by atoms with van der Waals surface area (Å²) < 4.78 is 0. The molecule has 0 bridgehead atoms. The highest BCUT2D eigenvalue weighted by atomic mass is 35.5. The fraction of sp³-hybridized carbons (Fsp3) is 0.520. The molecule has 2 atom stereocenters. The molecule has 31 heavy (non-hydrogen) atoms.